The number of methoxy groups -OCH3 is 3. The molecule has 2 rings (SSSR count). The maximum Gasteiger partial charge on any atom is 0.203 e. The second kappa shape index (κ2) is 6.08. The van der Waals surface area contributed by atoms with Crippen molar-refractivity contribution in [1.29, 1.82) is 0 Å². The van der Waals surface area contributed by atoms with E-state index < -0.39 is 0 Å². The Morgan fingerprint density at radius 2 is 1.68 bits per heavy atom. The SMILES string of the molecule is COc1cc(-c2nnc(CCl)s2)cc(OC)c1OC. The number of aromatic nitrogens is 2. The molecule has 7 heteroatoms. The van der Waals surface area contributed by atoms with E-state index in [1.807, 2.05) is 12.1 Å². The number of hydrogen-bond acceptors (Lipinski definition) is 6. The van der Waals surface area contributed by atoms with Crippen molar-refractivity contribution in [3.63, 3.8) is 0 Å². The van der Waals surface area contributed by atoms with Crippen LogP contribution in [0.15, 0.2) is 12.1 Å². The molecule has 102 valence electrons. The lowest BCUT2D eigenvalue weighted by molar-refractivity contribution is 0.324. The highest BCUT2D eigenvalue weighted by molar-refractivity contribution is 7.14. The third-order valence-electron chi connectivity index (χ3n) is 2.49. The van der Waals surface area contributed by atoms with Gasteiger partial charge in [-0.15, -0.1) is 21.8 Å². The predicted octanol–water partition coefficient (Wildman–Crippen LogP) is 2.97. The summed E-state index contributed by atoms with van der Waals surface area (Å²) < 4.78 is 15.9. The largest absolute Gasteiger partial charge is 0.493 e. The van der Waals surface area contributed by atoms with Crippen LogP contribution in [0.4, 0.5) is 0 Å². The maximum atomic E-state index is 5.73. The van der Waals surface area contributed by atoms with Crippen LogP contribution in [-0.4, -0.2) is 31.5 Å². The van der Waals surface area contributed by atoms with Crippen molar-refractivity contribution in [2.75, 3.05) is 21.3 Å². The molecule has 0 aliphatic rings. The quantitative estimate of drug-likeness (QED) is 0.795. The highest BCUT2D eigenvalue weighted by atomic mass is 35.5. The van der Waals surface area contributed by atoms with Crippen LogP contribution in [0.2, 0.25) is 0 Å². The van der Waals surface area contributed by atoms with Gasteiger partial charge in [0.2, 0.25) is 5.75 Å². The first-order valence-electron chi connectivity index (χ1n) is 5.42. The van der Waals surface area contributed by atoms with Crippen LogP contribution in [0, 0.1) is 0 Å². The summed E-state index contributed by atoms with van der Waals surface area (Å²) in [7, 11) is 4.72. The Hall–Kier alpha value is -1.53. The first-order valence-corrected chi connectivity index (χ1v) is 6.77. The molecular formula is C12H13ClN2O3S. The molecule has 0 spiro atoms. The molecule has 0 aliphatic heterocycles. The van der Waals surface area contributed by atoms with Gasteiger partial charge in [-0.2, -0.15) is 0 Å². The molecule has 0 N–H and O–H groups in total. The molecule has 19 heavy (non-hydrogen) atoms. The zero-order chi connectivity index (χ0) is 13.8. The molecule has 5 nitrogen and oxygen atoms in total. The molecule has 1 aromatic carbocycles. The smallest absolute Gasteiger partial charge is 0.203 e. The lowest BCUT2D eigenvalue weighted by atomic mass is 10.2. The Labute approximate surface area is 120 Å². The second-order valence-electron chi connectivity index (χ2n) is 3.55. The van der Waals surface area contributed by atoms with E-state index in [-0.39, 0.29) is 0 Å². The molecule has 1 aromatic heterocycles. The topological polar surface area (TPSA) is 53.5 Å². The summed E-state index contributed by atoms with van der Waals surface area (Å²) in [4.78, 5) is 0. The van der Waals surface area contributed by atoms with Gasteiger partial charge in [0.15, 0.2) is 11.5 Å². The second-order valence-corrected chi connectivity index (χ2v) is 4.88. The highest BCUT2D eigenvalue weighted by Gasteiger charge is 2.16. The first kappa shape index (κ1) is 13.9. The molecule has 1 heterocycles. The number of nitrogens with zero attached hydrogens (tertiary/aromatic N) is 2. The van der Waals surface area contributed by atoms with E-state index in [0.29, 0.717) is 23.1 Å². The number of hydrogen-bond donors (Lipinski definition) is 0. The standard InChI is InChI=1S/C12H13ClN2O3S/c1-16-8-4-7(5-9(17-2)11(8)18-3)12-15-14-10(6-13)19-12/h4-5H,6H2,1-3H3. The van der Waals surface area contributed by atoms with Crippen molar-refractivity contribution in [2.24, 2.45) is 0 Å². The lowest BCUT2D eigenvalue weighted by Crippen LogP contribution is -1.95. The molecule has 0 saturated carbocycles. The highest BCUT2D eigenvalue weighted by Crippen LogP contribution is 2.41. The van der Waals surface area contributed by atoms with Gasteiger partial charge in [0, 0.05) is 5.56 Å². The van der Waals surface area contributed by atoms with E-state index in [2.05, 4.69) is 10.2 Å². The zero-order valence-electron chi connectivity index (χ0n) is 10.8. The van der Waals surface area contributed by atoms with Gasteiger partial charge in [0.05, 0.1) is 27.2 Å². The van der Waals surface area contributed by atoms with E-state index in [9.17, 15) is 0 Å². The van der Waals surface area contributed by atoms with Crippen molar-refractivity contribution < 1.29 is 14.2 Å². The molecule has 0 bridgehead atoms. The van der Waals surface area contributed by atoms with E-state index in [1.54, 1.807) is 21.3 Å². The van der Waals surface area contributed by atoms with Crippen LogP contribution in [0.3, 0.4) is 0 Å². The minimum absolute atomic E-state index is 0.349. The normalized spacial score (nSPS) is 10.3. The average Bonchev–Trinajstić information content (AvgIpc) is 2.94. The first-order chi connectivity index (χ1) is 9.23. The Morgan fingerprint density at radius 1 is 1.05 bits per heavy atom. The van der Waals surface area contributed by atoms with E-state index in [4.69, 9.17) is 25.8 Å². The van der Waals surface area contributed by atoms with Gasteiger partial charge in [-0.05, 0) is 12.1 Å². The van der Waals surface area contributed by atoms with Crippen molar-refractivity contribution >= 4 is 22.9 Å². The molecule has 0 fully saturated rings. The summed E-state index contributed by atoms with van der Waals surface area (Å²) in [5.74, 6) is 2.07. The third-order valence-corrected chi connectivity index (χ3v) is 3.88. The third kappa shape index (κ3) is 2.74. The van der Waals surface area contributed by atoms with Gasteiger partial charge in [-0.3, -0.25) is 0 Å². The Morgan fingerprint density at radius 3 is 2.11 bits per heavy atom. The Balaban J connectivity index is 2.51. The molecule has 0 atom stereocenters. The minimum Gasteiger partial charge on any atom is -0.493 e. The fourth-order valence-electron chi connectivity index (χ4n) is 1.63. The van der Waals surface area contributed by atoms with E-state index >= 15 is 0 Å². The predicted molar refractivity (Wildman–Crippen MR) is 74.6 cm³/mol. The fraction of sp³-hybridized carbons (Fsp3) is 0.333. The zero-order valence-corrected chi connectivity index (χ0v) is 12.3. The number of rotatable bonds is 5. The fourth-order valence-corrected chi connectivity index (χ4v) is 2.52. The summed E-state index contributed by atoms with van der Waals surface area (Å²) in [5, 5.41) is 9.61. The van der Waals surface area contributed by atoms with Crippen LogP contribution in [0.5, 0.6) is 17.2 Å². The molecular weight excluding hydrogens is 288 g/mol. The van der Waals surface area contributed by atoms with Crippen LogP contribution in [0.25, 0.3) is 10.6 Å². The maximum absolute atomic E-state index is 5.73. The van der Waals surface area contributed by atoms with Crippen LogP contribution in [-0.2, 0) is 5.88 Å². The van der Waals surface area contributed by atoms with Crippen LogP contribution < -0.4 is 14.2 Å². The summed E-state index contributed by atoms with van der Waals surface area (Å²) in [6.07, 6.45) is 0. The molecule has 0 saturated heterocycles. The Bertz CT molecular complexity index is 549. The molecule has 0 radical (unpaired) electrons. The van der Waals surface area contributed by atoms with Gasteiger partial charge in [0.1, 0.15) is 10.0 Å². The molecule has 2 aromatic rings. The van der Waals surface area contributed by atoms with Gasteiger partial charge < -0.3 is 14.2 Å². The Kier molecular flexibility index (Phi) is 4.44. The summed E-state index contributed by atoms with van der Waals surface area (Å²) >= 11 is 7.16. The summed E-state index contributed by atoms with van der Waals surface area (Å²) in [6.45, 7) is 0. The average molecular weight is 301 g/mol. The number of benzene rings is 1. The van der Waals surface area contributed by atoms with E-state index in [1.165, 1.54) is 11.3 Å². The molecule has 0 amide bonds. The number of halogens is 1. The van der Waals surface area contributed by atoms with E-state index in [0.717, 1.165) is 15.6 Å². The summed E-state index contributed by atoms with van der Waals surface area (Å²) in [6, 6.07) is 3.67. The van der Waals surface area contributed by atoms with Gasteiger partial charge in [-0.1, -0.05) is 11.3 Å². The van der Waals surface area contributed by atoms with Gasteiger partial charge in [0.25, 0.3) is 0 Å². The monoisotopic (exact) mass is 300 g/mol. The van der Waals surface area contributed by atoms with Crippen molar-refractivity contribution in [1.82, 2.24) is 10.2 Å². The van der Waals surface area contributed by atoms with Crippen LogP contribution in [0.1, 0.15) is 5.01 Å². The number of alkyl halides is 1. The number of ether oxygens (including phenoxy) is 3. The van der Waals surface area contributed by atoms with Crippen molar-refractivity contribution in [2.45, 2.75) is 5.88 Å². The van der Waals surface area contributed by atoms with Crippen molar-refractivity contribution in [3.8, 4) is 27.8 Å². The van der Waals surface area contributed by atoms with Gasteiger partial charge in [-0.25, -0.2) is 0 Å². The molecule has 0 unspecified atom stereocenters. The lowest BCUT2D eigenvalue weighted by Gasteiger charge is -2.12. The van der Waals surface area contributed by atoms with Crippen molar-refractivity contribution in [3.05, 3.63) is 17.1 Å². The molecule has 0 aliphatic carbocycles. The van der Waals surface area contributed by atoms with Crippen LogP contribution >= 0.6 is 22.9 Å². The van der Waals surface area contributed by atoms with Gasteiger partial charge >= 0.3 is 0 Å². The minimum atomic E-state index is 0.349. The summed E-state index contributed by atoms with van der Waals surface area (Å²) in [5.41, 5.74) is 0.850.